The lowest BCUT2D eigenvalue weighted by Gasteiger charge is -2.55. The van der Waals surface area contributed by atoms with Crippen LogP contribution in [-0.4, -0.2) is 15.8 Å². The summed E-state index contributed by atoms with van der Waals surface area (Å²) in [6.07, 6.45) is 11.9. The van der Waals surface area contributed by atoms with Gasteiger partial charge in [0.15, 0.2) is 0 Å². The van der Waals surface area contributed by atoms with E-state index in [1.54, 1.807) is 0 Å². The van der Waals surface area contributed by atoms with Crippen LogP contribution in [-0.2, 0) is 6.42 Å². The number of aryl methyl sites for hydroxylation is 1. The van der Waals surface area contributed by atoms with E-state index in [1.165, 1.54) is 11.1 Å². The average Bonchev–Trinajstić information content (AvgIpc) is 2.85. The minimum Gasteiger partial charge on any atom is -0.508 e. The maximum absolute atomic E-state index is 11.1. The van der Waals surface area contributed by atoms with Gasteiger partial charge >= 0.3 is 0 Å². The molecule has 2 heteroatoms. The highest BCUT2D eigenvalue weighted by molar-refractivity contribution is 5.41. The monoisotopic (exact) mass is 324 g/mol. The van der Waals surface area contributed by atoms with Crippen molar-refractivity contribution in [1.82, 2.24) is 0 Å². The Bertz CT molecular complexity index is 702. The first-order chi connectivity index (χ1) is 11.4. The maximum atomic E-state index is 11.1. The van der Waals surface area contributed by atoms with Crippen molar-refractivity contribution in [3.05, 3.63) is 29.3 Å². The van der Waals surface area contributed by atoms with Gasteiger partial charge in [-0.3, -0.25) is 0 Å². The molecule has 0 amide bonds. The van der Waals surface area contributed by atoms with Gasteiger partial charge < -0.3 is 10.2 Å². The topological polar surface area (TPSA) is 40.5 Å². The number of phenols is 1. The summed E-state index contributed by atoms with van der Waals surface area (Å²) in [5.41, 5.74) is 1.67. The number of hydrogen-bond acceptors (Lipinski definition) is 2. The summed E-state index contributed by atoms with van der Waals surface area (Å²) < 4.78 is 0. The third-order valence-electron chi connectivity index (χ3n) is 7.75. The van der Waals surface area contributed by atoms with Crippen LogP contribution in [0.1, 0.15) is 63.0 Å². The molecule has 0 heterocycles. The van der Waals surface area contributed by atoms with Crippen LogP contribution in [0.2, 0.25) is 0 Å². The van der Waals surface area contributed by atoms with E-state index < -0.39 is 5.60 Å². The lowest BCUT2D eigenvalue weighted by Crippen LogP contribution is -2.52. The zero-order chi connectivity index (χ0) is 17.1. The minimum atomic E-state index is -0.939. The third-order valence-corrected chi connectivity index (χ3v) is 7.75. The molecule has 0 aliphatic heterocycles. The van der Waals surface area contributed by atoms with Gasteiger partial charge in [0.05, 0.1) is 0 Å². The largest absolute Gasteiger partial charge is 0.508 e. The highest BCUT2D eigenvalue weighted by atomic mass is 16.3. The number of benzene rings is 1. The fourth-order valence-electron chi connectivity index (χ4n) is 6.51. The van der Waals surface area contributed by atoms with Crippen molar-refractivity contribution < 1.29 is 10.2 Å². The Morgan fingerprint density at radius 2 is 2.12 bits per heavy atom. The van der Waals surface area contributed by atoms with E-state index in [0.717, 1.165) is 38.5 Å². The quantitative estimate of drug-likeness (QED) is 0.758. The van der Waals surface area contributed by atoms with Crippen molar-refractivity contribution in [2.45, 2.75) is 63.9 Å². The summed E-state index contributed by atoms with van der Waals surface area (Å²) in [5, 5.41) is 21.0. The van der Waals surface area contributed by atoms with E-state index in [4.69, 9.17) is 6.42 Å². The normalized spacial score (nSPS) is 43.4. The minimum absolute atomic E-state index is 0.155. The van der Waals surface area contributed by atoms with Gasteiger partial charge in [-0.05, 0) is 79.0 Å². The SMILES string of the molecule is C#C[C@]1(O)CCC2C3CCc4cc(O)ccc4C3[C@@H](CC)C[C@@]21C. The van der Waals surface area contributed by atoms with Gasteiger partial charge in [0.2, 0.25) is 0 Å². The molecule has 0 saturated heterocycles. The molecule has 24 heavy (non-hydrogen) atoms. The summed E-state index contributed by atoms with van der Waals surface area (Å²) in [5.74, 6) is 5.37. The zero-order valence-corrected chi connectivity index (χ0v) is 14.8. The van der Waals surface area contributed by atoms with Crippen molar-refractivity contribution in [3.8, 4) is 18.1 Å². The number of aliphatic hydroxyl groups is 1. The second kappa shape index (κ2) is 5.27. The molecular weight excluding hydrogens is 296 g/mol. The Balaban J connectivity index is 1.80. The fourth-order valence-corrected chi connectivity index (χ4v) is 6.51. The molecule has 0 radical (unpaired) electrons. The van der Waals surface area contributed by atoms with E-state index in [9.17, 15) is 10.2 Å². The second-order valence-electron chi connectivity index (χ2n) is 8.55. The first-order valence-corrected chi connectivity index (χ1v) is 9.45. The van der Waals surface area contributed by atoms with E-state index >= 15 is 0 Å². The Labute approximate surface area is 145 Å². The molecule has 4 rings (SSSR count). The van der Waals surface area contributed by atoms with Crippen molar-refractivity contribution in [3.63, 3.8) is 0 Å². The summed E-state index contributed by atoms with van der Waals surface area (Å²) >= 11 is 0. The molecule has 6 atom stereocenters. The Morgan fingerprint density at radius 1 is 1.33 bits per heavy atom. The van der Waals surface area contributed by atoms with E-state index in [-0.39, 0.29) is 5.41 Å². The predicted molar refractivity (Wildman–Crippen MR) is 95.7 cm³/mol. The molecule has 1 aromatic rings. The van der Waals surface area contributed by atoms with E-state index in [0.29, 0.717) is 29.4 Å². The first kappa shape index (κ1) is 16.0. The number of aromatic hydroxyl groups is 1. The van der Waals surface area contributed by atoms with Gasteiger partial charge in [-0.15, -0.1) is 6.42 Å². The molecule has 3 aliphatic rings. The zero-order valence-electron chi connectivity index (χ0n) is 14.8. The summed E-state index contributed by atoms with van der Waals surface area (Å²) in [7, 11) is 0. The standard InChI is InChI=1S/C22H28O2/c1-4-14-13-21(3)19(10-11-22(21,24)5-2)18-8-6-15-12-16(23)7-9-17(15)20(14)18/h2,7,9,12,14,18-20,23-24H,4,6,8,10-11,13H2,1,3H3/t14-,18?,19?,20?,21-,22-/m0/s1. The van der Waals surface area contributed by atoms with Crippen LogP contribution < -0.4 is 0 Å². The summed E-state index contributed by atoms with van der Waals surface area (Å²) in [6.45, 7) is 4.51. The Kier molecular flexibility index (Phi) is 3.52. The molecule has 0 bridgehead atoms. The van der Waals surface area contributed by atoms with Crippen LogP contribution in [0, 0.1) is 35.5 Å². The molecular formula is C22H28O2. The van der Waals surface area contributed by atoms with E-state index in [2.05, 4.69) is 25.8 Å². The average molecular weight is 324 g/mol. The maximum Gasteiger partial charge on any atom is 0.130 e. The van der Waals surface area contributed by atoms with Gasteiger partial charge in [-0.2, -0.15) is 0 Å². The molecule has 2 N–H and O–H groups in total. The highest BCUT2D eigenvalue weighted by Gasteiger charge is 2.62. The summed E-state index contributed by atoms with van der Waals surface area (Å²) in [6, 6.07) is 5.95. The van der Waals surface area contributed by atoms with Crippen molar-refractivity contribution in [2.75, 3.05) is 0 Å². The predicted octanol–water partition coefficient (Wildman–Crippen LogP) is 4.25. The molecule has 128 valence electrons. The smallest absolute Gasteiger partial charge is 0.130 e. The van der Waals surface area contributed by atoms with E-state index in [1.807, 2.05) is 12.1 Å². The molecule has 2 nitrogen and oxygen atoms in total. The molecule has 3 unspecified atom stereocenters. The lowest BCUT2D eigenvalue weighted by atomic mass is 9.49. The highest BCUT2D eigenvalue weighted by Crippen LogP contribution is 2.66. The number of phenolic OH excluding ortho intramolecular Hbond substituents is 1. The fraction of sp³-hybridized carbons (Fsp3) is 0.636. The molecule has 2 fully saturated rings. The number of terminal acetylenes is 1. The molecule has 0 aromatic heterocycles. The number of hydrogen-bond donors (Lipinski definition) is 2. The first-order valence-electron chi connectivity index (χ1n) is 9.45. The van der Waals surface area contributed by atoms with Crippen LogP contribution in [0.5, 0.6) is 5.75 Å². The van der Waals surface area contributed by atoms with Crippen molar-refractivity contribution in [1.29, 1.82) is 0 Å². The molecule has 2 saturated carbocycles. The van der Waals surface area contributed by atoms with Crippen LogP contribution in [0.25, 0.3) is 0 Å². The number of rotatable bonds is 1. The van der Waals surface area contributed by atoms with Crippen LogP contribution >= 0.6 is 0 Å². The number of fused-ring (bicyclic) bond motifs is 5. The van der Waals surface area contributed by atoms with Crippen LogP contribution in [0.4, 0.5) is 0 Å². The van der Waals surface area contributed by atoms with Gasteiger partial charge in [0.1, 0.15) is 11.4 Å². The molecule has 3 aliphatic carbocycles. The Morgan fingerprint density at radius 3 is 2.83 bits per heavy atom. The lowest BCUT2D eigenvalue weighted by molar-refractivity contribution is -0.0845. The van der Waals surface area contributed by atoms with Crippen molar-refractivity contribution >= 4 is 0 Å². The van der Waals surface area contributed by atoms with Gasteiger partial charge in [0, 0.05) is 5.41 Å². The Hall–Kier alpha value is -1.46. The van der Waals surface area contributed by atoms with Crippen LogP contribution in [0.15, 0.2) is 18.2 Å². The van der Waals surface area contributed by atoms with Gasteiger partial charge in [-0.25, -0.2) is 0 Å². The third kappa shape index (κ3) is 1.94. The van der Waals surface area contributed by atoms with Crippen molar-refractivity contribution in [2.24, 2.45) is 23.2 Å². The molecule has 1 aromatic carbocycles. The second-order valence-corrected chi connectivity index (χ2v) is 8.55. The molecule has 0 spiro atoms. The van der Waals surface area contributed by atoms with Gasteiger partial charge in [-0.1, -0.05) is 32.3 Å². The summed E-state index contributed by atoms with van der Waals surface area (Å²) in [4.78, 5) is 0. The van der Waals surface area contributed by atoms with Crippen LogP contribution in [0.3, 0.4) is 0 Å². The van der Waals surface area contributed by atoms with Gasteiger partial charge in [0.25, 0.3) is 0 Å².